The molecule has 3 nitrogen and oxygen atoms in total. The van der Waals surface area contributed by atoms with Crippen molar-refractivity contribution >= 4 is 15.9 Å². The fraction of sp³-hybridized carbons (Fsp3) is 0.647. The molecule has 0 aliphatic carbocycles. The van der Waals surface area contributed by atoms with Crippen LogP contribution in [0.15, 0.2) is 22.7 Å². The predicted octanol–water partition coefficient (Wildman–Crippen LogP) is 0.771. The number of quaternary nitrogens is 2. The molecule has 2 aliphatic rings. The number of rotatable bonds is 3. The molecular formula is C17H27BrN2O+2. The highest BCUT2D eigenvalue weighted by Gasteiger charge is 2.30. The predicted molar refractivity (Wildman–Crippen MR) is 87.8 cm³/mol. The van der Waals surface area contributed by atoms with Gasteiger partial charge in [-0.1, -0.05) is 15.9 Å². The van der Waals surface area contributed by atoms with Crippen molar-refractivity contribution in [2.75, 3.05) is 26.2 Å². The summed E-state index contributed by atoms with van der Waals surface area (Å²) in [5, 5.41) is 9.98. The number of benzene rings is 1. The maximum Gasteiger partial charge on any atom is 0.124 e. The minimum absolute atomic E-state index is 0.439. The molecule has 3 N–H and O–H groups in total. The largest absolute Gasteiger partial charge is 0.507 e. The number of likely N-dealkylation sites (tertiary alicyclic amines) is 2. The number of nitrogens with one attached hydrogen (secondary N) is 2. The van der Waals surface area contributed by atoms with Crippen molar-refractivity contribution in [1.82, 2.24) is 0 Å². The van der Waals surface area contributed by atoms with E-state index in [1.165, 1.54) is 58.3 Å². The van der Waals surface area contributed by atoms with Crippen LogP contribution in [0.2, 0.25) is 0 Å². The summed E-state index contributed by atoms with van der Waals surface area (Å²) in [6.45, 7) is 6.24. The summed E-state index contributed by atoms with van der Waals surface area (Å²) in [6, 6.07) is 6.65. The zero-order valence-electron chi connectivity index (χ0n) is 12.7. The topological polar surface area (TPSA) is 29.1 Å². The summed E-state index contributed by atoms with van der Waals surface area (Å²) in [6.07, 6.45) is 6.98. The number of aromatic hydroxyl groups is 1. The summed E-state index contributed by atoms with van der Waals surface area (Å²) < 4.78 is 1.06. The van der Waals surface area contributed by atoms with E-state index < -0.39 is 0 Å². The quantitative estimate of drug-likeness (QED) is 0.735. The first-order chi connectivity index (χ1) is 10.2. The van der Waals surface area contributed by atoms with Crippen LogP contribution < -0.4 is 9.80 Å². The molecule has 2 aliphatic heterocycles. The Labute approximate surface area is 136 Å². The van der Waals surface area contributed by atoms with Crippen molar-refractivity contribution in [3.8, 4) is 5.75 Å². The zero-order valence-corrected chi connectivity index (χ0v) is 14.3. The molecule has 0 amide bonds. The number of hydrogen-bond acceptors (Lipinski definition) is 1. The Morgan fingerprint density at radius 3 is 2.48 bits per heavy atom. The maximum atomic E-state index is 9.98. The van der Waals surface area contributed by atoms with Gasteiger partial charge in [0.05, 0.1) is 32.2 Å². The van der Waals surface area contributed by atoms with Gasteiger partial charge in [-0.15, -0.1) is 0 Å². The van der Waals surface area contributed by atoms with Crippen molar-refractivity contribution in [3.05, 3.63) is 28.2 Å². The molecule has 1 aromatic carbocycles. The van der Waals surface area contributed by atoms with Crippen molar-refractivity contribution in [1.29, 1.82) is 0 Å². The standard InChI is InChI=1S/C17H25BrN2O/c18-15-4-5-17(21)14(12-15)13-19-10-6-16(7-11-19)20-8-2-1-3-9-20/h4-5,12,16,21H,1-3,6-11,13H2/p+2. The van der Waals surface area contributed by atoms with Crippen LogP contribution in [0.1, 0.15) is 37.7 Å². The highest BCUT2D eigenvalue weighted by molar-refractivity contribution is 9.10. The van der Waals surface area contributed by atoms with Crippen LogP contribution in [0.3, 0.4) is 0 Å². The molecule has 2 heterocycles. The van der Waals surface area contributed by atoms with Crippen LogP contribution in [-0.4, -0.2) is 37.3 Å². The van der Waals surface area contributed by atoms with E-state index in [4.69, 9.17) is 0 Å². The number of piperidine rings is 2. The molecule has 21 heavy (non-hydrogen) atoms. The maximum absolute atomic E-state index is 9.98. The van der Waals surface area contributed by atoms with E-state index in [0.29, 0.717) is 5.75 Å². The van der Waals surface area contributed by atoms with E-state index >= 15 is 0 Å². The second kappa shape index (κ2) is 7.12. The van der Waals surface area contributed by atoms with E-state index in [-0.39, 0.29) is 0 Å². The molecule has 2 fully saturated rings. The first-order valence-electron chi connectivity index (χ1n) is 8.38. The first-order valence-corrected chi connectivity index (χ1v) is 9.17. The minimum atomic E-state index is 0.439. The number of phenols is 1. The Hall–Kier alpha value is -0.580. The van der Waals surface area contributed by atoms with Gasteiger partial charge >= 0.3 is 0 Å². The van der Waals surface area contributed by atoms with Gasteiger partial charge in [0.15, 0.2) is 0 Å². The Morgan fingerprint density at radius 1 is 1.05 bits per heavy atom. The van der Waals surface area contributed by atoms with Crippen molar-refractivity contribution in [2.45, 2.75) is 44.7 Å². The molecule has 116 valence electrons. The third kappa shape index (κ3) is 3.99. The number of hydrogen-bond donors (Lipinski definition) is 3. The van der Waals surface area contributed by atoms with Gasteiger partial charge in [0, 0.05) is 22.9 Å². The average Bonchev–Trinajstić information content (AvgIpc) is 2.53. The Balaban J connectivity index is 1.52. The monoisotopic (exact) mass is 354 g/mol. The molecule has 1 aromatic rings. The molecule has 4 heteroatoms. The normalized spacial score (nSPS) is 27.7. The molecule has 3 rings (SSSR count). The van der Waals surface area contributed by atoms with E-state index in [2.05, 4.69) is 22.0 Å². The highest BCUT2D eigenvalue weighted by atomic mass is 79.9. The van der Waals surface area contributed by atoms with Crippen LogP contribution in [-0.2, 0) is 6.54 Å². The van der Waals surface area contributed by atoms with Gasteiger partial charge in [0.1, 0.15) is 12.3 Å². The Kier molecular flexibility index (Phi) is 5.19. The van der Waals surface area contributed by atoms with Crippen molar-refractivity contribution < 1.29 is 14.9 Å². The SMILES string of the molecule is Oc1ccc(Br)cc1C[NH+]1CCC([NH+]2CCCCC2)CC1. The van der Waals surface area contributed by atoms with E-state index in [9.17, 15) is 5.11 Å². The third-order valence-electron chi connectivity index (χ3n) is 5.25. The van der Waals surface area contributed by atoms with E-state index in [1.807, 2.05) is 11.0 Å². The molecule has 0 radical (unpaired) electrons. The van der Waals surface area contributed by atoms with Gasteiger partial charge < -0.3 is 14.9 Å². The van der Waals surface area contributed by atoms with Crippen LogP contribution in [0, 0.1) is 0 Å². The van der Waals surface area contributed by atoms with Gasteiger partial charge in [-0.2, -0.15) is 0 Å². The molecule has 0 unspecified atom stereocenters. The van der Waals surface area contributed by atoms with Gasteiger partial charge in [-0.25, -0.2) is 0 Å². The summed E-state index contributed by atoms with van der Waals surface area (Å²) in [4.78, 5) is 3.49. The van der Waals surface area contributed by atoms with E-state index in [0.717, 1.165) is 22.6 Å². The molecule has 2 saturated heterocycles. The molecule has 0 atom stereocenters. The second-order valence-electron chi connectivity index (χ2n) is 6.69. The summed E-state index contributed by atoms with van der Waals surface area (Å²) in [5.41, 5.74) is 1.07. The first kappa shape index (κ1) is 15.3. The van der Waals surface area contributed by atoms with Crippen LogP contribution in [0.25, 0.3) is 0 Å². The Morgan fingerprint density at radius 2 is 1.76 bits per heavy atom. The lowest BCUT2D eigenvalue weighted by atomic mass is 9.99. The molecule has 0 spiro atoms. The van der Waals surface area contributed by atoms with Gasteiger partial charge in [-0.05, 0) is 37.5 Å². The van der Waals surface area contributed by atoms with Gasteiger partial charge in [0.2, 0.25) is 0 Å². The van der Waals surface area contributed by atoms with E-state index in [1.54, 1.807) is 11.0 Å². The second-order valence-corrected chi connectivity index (χ2v) is 7.61. The van der Waals surface area contributed by atoms with Crippen molar-refractivity contribution in [3.63, 3.8) is 0 Å². The van der Waals surface area contributed by atoms with Crippen LogP contribution >= 0.6 is 15.9 Å². The molecule has 0 bridgehead atoms. The molecule has 0 aromatic heterocycles. The lowest BCUT2D eigenvalue weighted by molar-refractivity contribution is -0.965. The minimum Gasteiger partial charge on any atom is -0.507 e. The fourth-order valence-corrected chi connectivity index (χ4v) is 4.40. The highest BCUT2D eigenvalue weighted by Crippen LogP contribution is 2.21. The number of phenolic OH excluding ortho intramolecular Hbond substituents is 1. The van der Waals surface area contributed by atoms with Gasteiger partial charge in [-0.3, -0.25) is 0 Å². The molecule has 0 saturated carbocycles. The zero-order chi connectivity index (χ0) is 14.7. The number of halogens is 1. The fourth-order valence-electron chi connectivity index (χ4n) is 3.99. The summed E-state index contributed by atoms with van der Waals surface area (Å²) in [7, 11) is 0. The van der Waals surface area contributed by atoms with Crippen molar-refractivity contribution in [2.24, 2.45) is 0 Å². The molecular weight excluding hydrogens is 328 g/mol. The summed E-state index contributed by atoms with van der Waals surface area (Å²) in [5.74, 6) is 0.439. The lowest BCUT2D eigenvalue weighted by Gasteiger charge is -2.36. The Bertz CT molecular complexity index is 466. The lowest BCUT2D eigenvalue weighted by Crippen LogP contribution is -3.20. The summed E-state index contributed by atoms with van der Waals surface area (Å²) >= 11 is 3.50. The third-order valence-corrected chi connectivity index (χ3v) is 5.74. The van der Waals surface area contributed by atoms with Gasteiger partial charge in [0.25, 0.3) is 0 Å². The van der Waals surface area contributed by atoms with Crippen LogP contribution in [0.5, 0.6) is 5.75 Å². The van der Waals surface area contributed by atoms with Crippen LogP contribution in [0.4, 0.5) is 0 Å². The smallest absolute Gasteiger partial charge is 0.124 e. The average molecular weight is 355 g/mol.